The predicted octanol–water partition coefficient (Wildman–Crippen LogP) is 7.00. The molecule has 33 heavy (non-hydrogen) atoms. The van der Waals surface area contributed by atoms with E-state index in [9.17, 15) is 0 Å². The van der Waals surface area contributed by atoms with Crippen LogP contribution < -0.4 is 5.11 Å². The van der Waals surface area contributed by atoms with E-state index < -0.39 is 5.97 Å². The SMILES string of the molecule is CC(=O)[O-].CCCCCc1ccc([S+](c2ccccc2)c2ccc(CCCCC)cc2)cc1. The van der Waals surface area contributed by atoms with E-state index in [0.29, 0.717) is 0 Å². The number of benzene rings is 3. The summed E-state index contributed by atoms with van der Waals surface area (Å²) in [7, 11) is -0.0458. The van der Waals surface area contributed by atoms with E-state index in [1.54, 1.807) is 0 Å². The second-order valence-corrected chi connectivity index (χ2v) is 10.3. The minimum Gasteiger partial charge on any atom is -0.550 e. The van der Waals surface area contributed by atoms with E-state index in [1.165, 1.54) is 77.2 Å². The molecule has 3 heteroatoms. The molecule has 3 aromatic rings. The number of carboxylic acids is 1. The van der Waals surface area contributed by atoms with Crippen molar-refractivity contribution in [2.45, 2.75) is 86.8 Å². The van der Waals surface area contributed by atoms with Gasteiger partial charge >= 0.3 is 0 Å². The fraction of sp³-hybridized carbons (Fsp3) is 0.367. The van der Waals surface area contributed by atoms with E-state index in [0.717, 1.165) is 6.92 Å². The molecule has 0 fully saturated rings. The summed E-state index contributed by atoms with van der Waals surface area (Å²) in [4.78, 5) is 13.1. The van der Waals surface area contributed by atoms with Crippen molar-refractivity contribution >= 4 is 16.9 Å². The van der Waals surface area contributed by atoms with Gasteiger partial charge in [-0.05, 0) is 80.1 Å². The first kappa shape index (κ1) is 26.7. The quantitative estimate of drug-likeness (QED) is 0.227. The minimum absolute atomic E-state index is 0.0458. The maximum atomic E-state index is 8.89. The van der Waals surface area contributed by atoms with Crippen LogP contribution in [0.15, 0.2) is 93.5 Å². The summed E-state index contributed by atoms with van der Waals surface area (Å²) in [6, 6.07) is 29.7. The van der Waals surface area contributed by atoms with Crippen LogP contribution >= 0.6 is 0 Å². The molecule has 0 heterocycles. The van der Waals surface area contributed by atoms with Gasteiger partial charge < -0.3 is 9.90 Å². The number of carbonyl (C=O) groups excluding carboxylic acids is 1. The highest BCUT2D eigenvalue weighted by molar-refractivity contribution is 7.97. The summed E-state index contributed by atoms with van der Waals surface area (Å²) >= 11 is 0. The molecule has 0 aliphatic rings. The number of hydrogen-bond donors (Lipinski definition) is 0. The molecule has 0 atom stereocenters. The van der Waals surface area contributed by atoms with Crippen molar-refractivity contribution in [3.63, 3.8) is 0 Å². The molecule has 0 bridgehead atoms. The third-order valence-corrected chi connectivity index (χ3v) is 7.67. The van der Waals surface area contributed by atoms with Crippen molar-refractivity contribution in [1.29, 1.82) is 0 Å². The van der Waals surface area contributed by atoms with Crippen LogP contribution in [0.5, 0.6) is 0 Å². The fourth-order valence-electron chi connectivity index (χ4n) is 3.71. The zero-order valence-electron chi connectivity index (χ0n) is 20.4. The van der Waals surface area contributed by atoms with E-state index in [-0.39, 0.29) is 10.9 Å². The molecule has 0 aliphatic heterocycles. The van der Waals surface area contributed by atoms with Crippen LogP contribution in [0.25, 0.3) is 0 Å². The molecule has 2 nitrogen and oxygen atoms in total. The zero-order chi connectivity index (χ0) is 23.9. The maximum Gasteiger partial charge on any atom is 0.166 e. The van der Waals surface area contributed by atoms with Gasteiger partial charge in [-0.3, -0.25) is 0 Å². The molecule has 0 spiro atoms. The van der Waals surface area contributed by atoms with Crippen molar-refractivity contribution in [1.82, 2.24) is 0 Å². The molecule has 0 unspecified atom stereocenters. The van der Waals surface area contributed by atoms with Crippen LogP contribution in [0, 0.1) is 0 Å². The lowest BCUT2D eigenvalue weighted by atomic mass is 10.1. The summed E-state index contributed by atoms with van der Waals surface area (Å²) in [5, 5.41) is 8.89. The van der Waals surface area contributed by atoms with Gasteiger partial charge in [-0.15, -0.1) is 0 Å². The van der Waals surface area contributed by atoms with Crippen molar-refractivity contribution in [3.05, 3.63) is 90.0 Å². The van der Waals surface area contributed by atoms with Gasteiger partial charge in [-0.1, -0.05) is 82.0 Å². The van der Waals surface area contributed by atoms with Gasteiger partial charge in [0.1, 0.15) is 0 Å². The highest BCUT2D eigenvalue weighted by atomic mass is 32.2. The number of carbonyl (C=O) groups is 1. The second-order valence-electron chi connectivity index (χ2n) is 8.31. The Balaban J connectivity index is 0.000000890. The van der Waals surface area contributed by atoms with E-state index >= 15 is 0 Å². The Morgan fingerprint density at radius 3 is 1.36 bits per heavy atom. The highest BCUT2D eigenvalue weighted by Crippen LogP contribution is 2.31. The van der Waals surface area contributed by atoms with Gasteiger partial charge in [0, 0.05) is 5.97 Å². The lowest BCUT2D eigenvalue weighted by Crippen LogP contribution is -2.16. The van der Waals surface area contributed by atoms with Crippen LogP contribution in [0.4, 0.5) is 0 Å². The lowest BCUT2D eigenvalue weighted by molar-refractivity contribution is -0.302. The Labute approximate surface area is 203 Å². The van der Waals surface area contributed by atoms with Gasteiger partial charge in [0.05, 0.1) is 10.9 Å². The smallest absolute Gasteiger partial charge is 0.166 e. The van der Waals surface area contributed by atoms with Crippen molar-refractivity contribution in [2.24, 2.45) is 0 Å². The maximum absolute atomic E-state index is 8.89. The summed E-state index contributed by atoms with van der Waals surface area (Å²) in [5.74, 6) is -1.08. The third kappa shape index (κ3) is 9.88. The first-order valence-electron chi connectivity index (χ1n) is 12.2. The summed E-state index contributed by atoms with van der Waals surface area (Å²) in [5.41, 5.74) is 2.93. The molecule has 0 aliphatic carbocycles. The van der Waals surface area contributed by atoms with Gasteiger partial charge in [-0.25, -0.2) is 0 Å². The number of unbranched alkanes of at least 4 members (excludes halogenated alkanes) is 4. The average molecular weight is 463 g/mol. The molecule has 0 radical (unpaired) electrons. The Hall–Kier alpha value is -2.52. The van der Waals surface area contributed by atoms with Crippen LogP contribution in [0.1, 0.15) is 70.4 Å². The van der Waals surface area contributed by atoms with Crippen molar-refractivity contribution < 1.29 is 9.90 Å². The summed E-state index contributed by atoms with van der Waals surface area (Å²) < 4.78 is 0. The lowest BCUT2D eigenvalue weighted by Gasteiger charge is -2.10. The highest BCUT2D eigenvalue weighted by Gasteiger charge is 2.28. The normalized spacial score (nSPS) is 10.5. The predicted molar refractivity (Wildman–Crippen MR) is 139 cm³/mol. The van der Waals surface area contributed by atoms with E-state index in [4.69, 9.17) is 9.90 Å². The summed E-state index contributed by atoms with van der Waals surface area (Å²) in [6.45, 7) is 5.51. The molecule has 176 valence electrons. The molecular weight excluding hydrogens is 424 g/mol. The van der Waals surface area contributed by atoms with Gasteiger partial charge in [0.15, 0.2) is 14.7 Å². The molecule has 0 N–H and O–H groups in total. The molecule has 3 rings (SSSR count). The fourth-order valence-corrected chi connectivity index (χ4v) is 5.77. The zero-order valence-corrected chi connectivity index (χ0v) is 21.2. The number of rotatable bonds is 11. The number of aryl methyl sites for hydroxylation is 2. The van der Waals surface area contributed by atoms with Crippen LogP contribution in [-0.2, 0) is 28.5 Å². The molecule has 0 saturated heterocycles. The molecule has 3 aromatic carbocycles. The van der Waals surface area contributed by atoms with Crippen LogP contribution in [0.3, 0.4) is 0 Å². The molecular formula is C30H38O2S. The molecule has 0 amide bonds. The van der Waals surface area contributed by atoms with Crippen LogP contribution in [0.2, 0.25) is 0 Å². The van der Waals surface area contributed by atoms with Crippen molar-refractivity contribution in [2.75, 3.05) is 0 Å². The van der Waals surface area contributed by atoms with Gasteiger partial charge in [0.25, 0.3) is 0 Å². The Bertz CT molecular complexity index is 860. The van der Waals surface area contributed by atoms with E-state index in [2.05, 4.69) is 92.7 Å². The Morgan fingerprint density at radius 2 is 1.00 bits per heavy atom. The first-order valence-corrected chi connectivity index (χ1v) is 13.4. The van der Waals surface area contributed by atoms with Crippen LogP contribution in [-0.4, -0.2) is 5.97 Å². The third-order valence-electron chi connectivity index (χ3n) is 5.44. The van der Waals surface area contributed by atoms with Gasteiger partial charge in [-0.2, -0.15) is 0 Å². The molecule has 0 saturated carbocycles. The Kier molecular flexibility index (Phi) is 12.4. The van der Waals surface area contributed by atoms with Gasteiger partial charge in [0.2, 0.25) is 0 Å². The number of carboxylic acid groups (broad SMARTS) is 1. The second kappa shape index (κ2) is 15.3. The largest absolute Gasteiger partial charge is 0.550 e. The minimum atomic E-state index is -1.08. The monoisotopic (exact) mass is 462 g/mol. The first-order chi connectivity index (χ1) is 16.0. The Morgan fingerprint density at radius 1 is 0.636 bits per heavy atom. The topological polar surface area (TPSA) is 40.1 Å². The number of hydrogen-bond acceptors (Lipinski definition) is 2. The van der Waals surface area contributed by atoms with Crippen molar-refractivity contribution in [3.8, 4) is 0 Å². The molecule has 0 aromatic heterocycles. The standard InChI is InChI=1S/C28H35S.C2H4O2/c1-3-5-8-12-24-16-20-27(21-17-24)29(26-14-10-7-11-15-26)28-22-18-25(19-23-28)13-9-6-4-2;1-2(3)4/h7,10-11,14-23H,3-6,8-9,12-13H2,1-2H3;1H3,(H,3,4)/q+1;/p-1. The summed E-state index contributed by atoms with van der Waals surface area (Å²) in [6.07, 6.45) is 10.2. The van der Waals surface area contributed by atoms with E-state index in [1.807, 2.05) is 0 Å². The average Bonchev–Trinajstić information content (AvgIpc) is 2.82. The number of aliphatic carboxylic acids is 1.